The van der Waals surface area contributed by atoms with E-state index in [0.717, 1.165) is 4.31 Å². The molecule has 0 bridgehead atoms. The number of hydrogen-bond acceptors (Lipinski definition) is 5. The average Bonchev–Trinajstić information content (AvgIpc) is 2.80. The van der Waals surface area contributed by atoms with Crippen LogP contribution in [0.25, 0.3) is 16.5 Å². The summed E-state index contributed by atoms with van der Waals surface area (Å²) in [4.78, 5) is 26.2. The van der Waals surface area contributed by atoms with E-state index in [1.54, 1.807) is 60.7 Å². The summed E-state index contributed by atoms with van der Waals surface area (Å²) in [5, 5.41) is 7.78. The third-order valence-electron chi connectivity index (χ3n) is 4.89. The van der Waals surface area contributed by atoms with Gasteiger partial charge in [0.25, 0.3) is 11.5 Å². The van der Waals surface area contributed by atoms with Crippen molar-refractivity contribution in [2.45, 2.75) is 4.90 Å². The molecule has 162 valence electrons. The zero-order valence-corrected chi connectivity index (χ0v) is 18.2. The molecule has 1 aromatic heterocycles. The molecule has 32 heavy (non-hydrogen) atoms. The van der Waals surface area contributed by atoms with Gasteiger partial charge in [0.1, 0.15) is 0 Å². The van der Waals surface area contributed by atoms with Gasteiger partial charge < -0.3 is 5.32 Å². The first-order valence-corrected chi connectivity index (χ1v) is 11.1. The van der Waals surface area contributed by atoms with Crippen molar-refractivity contribution in [3.8, 4) is 5.69 Å². The summed E-state index contributed by atoms with van der Waals surface area (Å²) in [5.74, 6) is -0.565. The zero-order valence-electron chi connectivity index (χ0n) is 17.4. The van der Waals surface area contributed by atoms with Crippen molar-refractivity contribution in [2.75, 3.05) is 19.4 Å². The lowest BCUT2D eigenvalue weighted by Crippen LogP contribution is -2.26. The number of hydrogen-bond donors (Lipinski definition) is 1. The first kappa shape index (κ1) is 21.4. The van der Waals surface area contributed by atoms with E-state index >= 15 is 0 Å². The second kappa shape index (κ2) is 8.37. The van der Waals surface area contributed by atoms with Crippen molar-refractivity contribution >= 4 is 32.4 Å². The summed E-state index contributed by atoms with van der Waals surface area (Å²) in [5.41, 5.74) is 0.519. The van der Waals surface area contributed by atoms with Gasteiger partial charge in [-0.05, 0) is 36.4 Å². The van der Waals surface area contributed by atoms with E-state index in [1.807, 2.05) is 6.07 Å². The van der Waals surface area contributed by atoms with Gasteiger partial charge in [-0.2, -0.15) is 9.78 Å². The molecule has 0 fully saturated rings. The lowest BCUT2D eigenvalue weighted by molar-refractivity contribution is 0.102. The maximum Gasteiger partial charge on any atom is 0.279 e. The Labute approximate surface area is 184 Å². The molecule has 0 aliphatic heterocycles. The predicted molar refractivity (Wildman–Crippen MR) is 123 cm³/mol. The fraction of sp³-hybridized carbons (Fsp3) is 0.0870. The van der Waals surface area contributed by atoms with Gasteiger partial charge in [-0.25, -0.2) is 12.7 Å². The largest absolute Gasteiger partial charge is 0.321 e. The minimum absolute atomic E-state index is 0.0462. The summed E-state index contributed by atoms with van der Waals surface area (Å²) in [6.45, 7) is 0. The van der Waals surface area contributed by atoms with E-state index in [2.05, 4.69) is 10.4 Å². The summed E-state index contributed by atoms with van der Waals surface area (Å²) in [7, 11) is -0.794. The number of carbonyl (C=O) groups excluding carboxylic acids is 1. The summed E-state index contributed by atoms with van der Waals surface area (Å²) in [6.07, 6.45) is 0. The van der Waals surface area contributed by atoms with E-state index in [1.165, 1.54) is 30.9 Å². The van der Waals surface area contributed by atoms with Gasteiger partial charge in [-0.1, -0.05) is 42.5 Å². The minimum Gasteiger partial charge on any atom is -0.321 e. The average molecular weight is 449 g/mol. The van der Waals surface area contributed by atoms with Gasteiger partial charge in [0.15, 0.2) is 5.69 Å². The number of fused-ring (bicyclic) bond motifs is 1. The van der Waals surface area contributed by atoms with Crippen LogP contribution in [0.15, 0.2) is 88.6 Å². The monoisotopic (exact) mass is 448 g/mol. The number of aromatic nitrogens is 2. The van der Waals surface area contributed by atoms with Crippen LogP contribution in [0.1, 0.15) is 10.5 Å². The van der Waals surface area contributed by atoms with Crippen LogP contribution >= 0.6 is 0 Å². The van der Waals surface area contributed by atoms with Crippen LogP contribution in [0.3, 0.4) is 0 Å². The van der Waals surface area contributed by atoms with Crippen LogP contribution in [0.5, 0.6) is 0 Å². The first-order valence-electron chi connectivity index (χ1n) is 9.70. The highest BCUT2D eigenvalue weighted by atomic mass is 32.2. The molecular weight excluding hydrogens is 428 g/mol. The summed E-state index contributed by atoms with van der Waals surface area (Å²) < 4.78 is 27.1. The van der Waals surface area contributed by atoms with E-state index in [9.17, 15) is 18.0 Å². The van der Waals surface area contributed by atoms with Crippen LogP contribution in [0.2, 0.25) is 0 Å². The molecule has 1 amide bonds. The molecule has 0 aliphatic carbocycles. The molecular formula is C23H20N4O4S. The van der Waals surface area contributed by atoms with Gasteiger partial charge in [-0.3, -0.25) is 9.59 Å². The molecule has 0 unspecified atom stereocenters. The minimum atomic E-state index is -3.66. The lowest BCUT2D eigenvalue weighted by Gasteiger charge is -2.13. The molecule has 0 saturated heterocycles. The molecule has 0 atom stereocenters. The summed E-state index contributed by atoms with van der Waals surface area (Å²) in [6, 6.07) is 21.5. The predicted octanol–water partition coefficient (Wildman–Crippen LogP) is 2.89. The van der Waals surface area contributed by atoms with E-state index in [0.29, 0.717) is 22.1 Å². The maximum atomic E-state index is 13.2. The molecule has 3 aromatic carbocycles. The van der Waals surface area contributed by atoms with E-state index in [-0.39, 0.29) is 16.1 Å². The molecule has 0 aliphatic rings. The molecule has 4 aromatic rings. The molecule has 0 radical (unpaired) electrons. The van der Waals surface area contributed by atoms with Crippen molar-refractivity contribution in [3.63, 3.8) is 0 Å². The molecule has 4 rings (SSSR count). The first-order chi connectivity index (χ1) is 15.3. The molecule has 0 saturated carbocycles. The third-order valence-corrected chi connectivity index (χ3v) is 6.70. The van der Waals surface area contributed by atoms with Crippen molar-refractivity contribution in [2.24, 2.45) is 0 Å². The van der Waals surface area contributed by atoms with Crippen LogP contribution in [-0.4, -0.2) is 42.5 Å². The van der Waals surface area contributed by atoms with Crippen LogP contribution in [-0.2, 0) is 10.0 Å². The Kier molecular flexibility index (Phi) is 5.60. The van der Waals surface area contributed by atoms with Crippen LogP contribution in [0.4, 0.5) is 5.69 Å². The normalized spacial score (nSPS) is 11.6. The molecule has 0 spiro atoms. The number of para-hydroxylation sites is 1. The van der Waals surface area contributed by atoms with Crippen LogP contribution in [0, 0.1) is 0 Å². The highest BCUT2D eigenvalue weighted by Gasteiger charge is 2.20. The number of nitrogens with zero attached hydrogens (tertiary/aromatic N) is 3. The second-order valence-electron chi connectivity index (χ2n) is 7.22. The number of nitrogens with one attached hydrogen (secondary N) is 1. The Hall–Kier alpha value is -3.82. The number of carbonyl (C=O) groups is 1. The van der Waals surface area contributed by atoms with E-state index < -0.39 is 15.9 Å². The van der Waals surface area contributed by atoms with E-state index in [4.69, 9.17) is 0 Å². The van der Waals surface area contributed by atoms with Gasteiger partial charge >= 0.3 is 0 Å². The van der Waals surface area contributed by atoms with Gasteiger partial charge in [0.2, 0.25) is 10.0 Å². The SMILES string of the molecule is CN(C)S(=O)(=O)c1cccc(NC(=O)c2nn(-c3ccccc3)c(=O)c3ccccc23)c1. The standard InChI is InChI=1S/C23H20N4O4S/c1-26(2)32(30,31)18-12-8-9-16(15-18)24-22(28)21-19-13-6-7-14-20(19)23(29)27(25-21)17-10-4-3-5-11-17/h3-15H,1-2H3,(H,24,28). The van der Waals surface area contributed by atoms with Crippen molar-refractivity contribution in [1.29, 1.82) is 0 Å². The Morgan fingerprint density at radius 1 is 0.906 bits per heavy atom. The number of sulfonamides is 1. The zero-order chi connectivity index (χ0) is 22.9. The molecule has 9 heteroatoms. The smallest absolute Gasteiger partial charge is 0.279 e. The highest BCUT2D eigenvalue weighted by molar-refractivity contribution is 7.89. The van der Waals surface area contributed by atoms with Crippen molar-refractivity contribution < 1.29 is 13.2 Å². The van der Waals surface area contributed by atoms with Gasteiger partial charge in [0.05, 0.1) is 16.0 Å². The van der Waals surface area contributed by atoms with Crippen LogP contribution < -0.4 is 10.9 Å². The Morgan fingerprint density at radius 2 is 1.56 bits per heavy atom. The highest BCUT2D eigenvalue weighted by Crippen LogP contribution is 2.20. The lowest BCUT2D eigenvalue weighted by atomic mass is 10.1. The topological polar surface area (TPSA) is 101 Å². The fourth-order valence-electron chi connectivity index (χ4n) is 3.24. The second-order valence-corrected chi connectivity index (χ2v) is 9.37. The van der Waals surface area contributed by atoms with Gasteiger partial charge in [0, 0.05) is 25.2 Å². The number of amides is 1. The maximum absolute atomic E-state index is 13.2. The Morgan fingerprint density at radius 3 is 2.25 bits per heavy atom. The number of anilines is 1. The number of rotatable bonds is 5. The van der Waals surface area contributed by atoms with Crippen molar-refractivity contribution in [3.05, 3.63) is 94.9 Å². The molecule has 1 N–H and O–H groups in total. The quantitative estimate of drug-likeness (QED) is 0.506. The van der Waals surface area contributed by atoms with Crippen molar-refractivity contribution in [1.82, 2.24) is 14.1 Å². The molecule has 1 heterocycles. The van der Waals surface area contributed by atoms with Gasteiger partial charge in [-0.15, -0.1) is 0 Å². The fourth-order valence-corrected chi connectivity index (χ4v) is 4.18. The Balaban J connectivity index is 1.80. The molecule has 8 nitrogen and oxygen atoms in total. The Bertz CT molecular complexity index is 1480. The summed E-state index contributed by atoms with van der Waals surface area (Å²) >= 11 is 0. The third kappa shape index (κ3) is 3.91. The number of benzene rings is 3.